The molecule has 37 heavy (non-hydrogen) atoms. The van der Waals surface area contributed by atoms with Crippen molar-refractivity contribution < 1.29 is 14.9 Å². The summed E-state index contributed by atoms with van der Waals surface area (Å²) < 4.78 is 7.20. The molecular formula is C27H45N7O3. The number of aliphatic hydroxyl groups excluding tert-OH is 2. The van der Waals surface area contributed by atoms with E-state index in [1.165, 1.54) is 5.56 Å². The molecule has 0 amide bonds. The lowest BCUT2D eigenvalue weighted by atomic mass is 9.99. The molecule has 0 aliphatic carbocycles. The molecule has 0 radical (unpaired) electrons. The highest BCUT2D eigenvalue weighted by Crippen LogP contribution is 2.22. The Morgan fingerprint density at radius 2 is 1.95 bits per heavy atom. The van der Waals surface area contributed by atoms with Crippen LogP contribution < -0.4 is 16.6 Å². The Bertz CT molecular complexity index is 965. The SMILES string of the molecule is CCCC/C(N)=C/N(N)c1ccc(CCCCn2cc(CCN(C)[C@H]3C[C@@H](C)O[C@@H](O)[C@@H]3O)nn2)cc1. The van der Waals surface area contributed by atoms with Gasteiger partial charge in [0.25, 0.3) is 0 Å². The van der Waals surface area contributed by atoms with Crippen molar-refractivity contribution >= 4 is 5.69 Å². The molecule has 0 bridgehead atoms. The number of ether oxygens (including phenoxy) is 1. The van der Waals surface area contributed by atoms with Gasteiger partial charge in [0.05, 0.1) is 17.5 Å². The summed E-state index contributed by atoms with van der Waals surface area (Å²) in [6.45, 7) is 5.60. The quantitative estimate of drug-likeness (QED) is 0.169. The van der Waals surface area contributed by atoms with Crippen molar-refractivity contribution in [1.82, 2.24) is 19.9 Å². The molecule has 1 fully saturated rings. The summed E-state index contributed by atoms with van der Waals surface area (Å²) in [6, 6.07) is 8.14. The molecule has 1 aromatic carbocycles. The zero-order valence-corrected chi connectivity index (χ0v) is 22.5. The fourth-order valence-electron chi connectivity index (χ4n) is 4.64. The third-order valence-corrected chi connectivity index (χ3v) is 6.97. The number of likely N-dealkylation sites (N-methyl/N-ethyl adjacent to an activating group) is 1. The minimum absolute atomic E-state index is 0.0862. The highest BCUT2D eigenvalue weighted by molar-refractivity contribution is 5.49. The molecule has 2 heterocycles. The zero-order chi connectivity index (χ0) is 26.8. The first-order valence-electron chi connectivity index (χ1n) is 13.5. The van der Waals surface area contributed by atoms with Crippen LogP contribution in [0.4, 0.5) is 5.69 Å². The van der Waals surface area contributed by atoms with Gasteiger partial charge in [-0.2, -0.15) is 0 Å². The van der Waals surface area contributed by atoms with E-state index in [1.807, 2.05) is 37.0 Å². The van der Waals surface area contributed by atoms with Gasteiger partial charge in [0, 0.05) is 43.6 Å². The Hall–Kier alpha value is -2.50. The molecule has 206 valence electrons. The molecule has 0 spiro atoms. The molecule has 0 unspecified atom stereocenters. The molecule has 2 aromatic rings. The van der Waals surface area contributed by atoms with Gasteiger partial charge in [-0.3, -0.25) is 9.69 Å². The molecule has 1 aromatic heterocycles. The average molecular weight is 516 g/mol. The smallest absolute Gasteiger partial charge is 0.182 e. The van der Waals surface area contributed by atoms with Crippen LogP contribution in [0.1, 0.15) is 63.6 Å². The maximum absolute atomic E-state index is 10.3. The lowest BCUT2D eigenvalue weighted by Gasteiger charge is -2.40. The second kappa shape index (κ2) is 14.4. The monoisotopic (exact) mass is 515 g/mol. The van der Waals surface area contributed by atoms with Crippen LogP contribution in [0, 0.1) is 0 Å². The molecule has 1 saturated heterocycles. The number of aromatic nitrogens is 3. The number of anilines is 1. The highest BCUT2D eigenvalue weighted by Gasteiger charge is 2.37. The van der Waals surface area contributed by atoms with Crippen LogP contribution >= 0.6 is 0 Å². The van der Waals surface area contributed by atoms with E-state index in [-0.39, 0.29) is 12.1 Å². The fraction of sp³-hybridized carbons (Fsp3) is 0.630. The summed E-state index contributed by atoms with van der Waals surface area (Å²) in [5.74, 6) is 6.13. The van der Waals surface area contributed by atoms with Gasteiger partial charge >= 0.3 is 0 Å². The first kappa shape index (κ1) is 29.1. The highest BCUT2D eigenvalue weighted by atomic mass is 16.6. The van der Waals surface area contributed by atoms with Gasteiger partial charge in [0.1, 0.15) is 6.10 Å². The van der Waals surface area contributed by atoms with Gasteiger partial charge in [-0.1, -0.05) is 30.7 Å². The van der Waals surface area contributed by atoms with Crippen molar-refractivity contribution in [3.8, 4) is 0 Å². The van der Waals surface area contributed by atoms with Gasteiger partial charge in [-0.05, 0) is 70.2 Å². The maximum Gasteiger partial charge on any atom is 0.182 e. The van der Waals surface area contributed by atoms with Crippen molar-refractivity contribution in [2.45, 2.75) is 96.3 Å². The van der Waals surface area contributed by atoms with E-state index in [0.29, 0.717) is 6.42 Å². The topological polar surface area (TPSA) is 139 Å². The second-order valence-electron chi connectivity index (χ2n) is 10.2. The lowest BCUT2D eigenvalue weighted by molar-refractivity contribution is -0.231. The largest absolute Gasteiger partial charge is 0.401 e. The maximum atomic E-state index is 10.3. The molecular weight excluding hydrogens is 470 g/mol. The summed E-state index contributed by atoms with van der Waals surface area (Å²) in [6.07, 6.45) is 9.16. The van der Waals surface area contributed by atoms with Crippen LogP contribution in [0.3, 0.4) is 0 Å². The van der Waals surface area contributed by atoms with Gasteiger partial charge in [0.2, 0.25) is 0 Å². The standard InChI is InChI=1S/C27H45N7O3/c1-4-5-9-22(28)18-34(29)24-12-10-21(11-13-24)8-6-7-15-33-19-23(30-31-33)14-16-32(3)25-17-20(2)37-27(36)26(25)35/h10-13,18-20,25-27,35-36H,4-9,14-17,28-29H2,1-3H3/b22-18-/t20-,25+,26-,27-/m1/s1. The molecule has 0 saturated carbocycles. The summed E-state index contributed by atoms with van der Waals surface area (Å²) in [4.78, 5) is 2.07. The molecule has 10 heteroatoms. The van der Waals surface area contributed by atoms with E-state index < -0.39 is 12.4 Å². The summed E-state index contributed by atoms with van der Waals surface area (Å²) >= 11 is 0. The Kier molecular flexibility index (Phi) is 11.3. The summed E-state index contributed by atoms with van der Waals surface area (Å²) in [5.41, 5.74) is 9.95. The Morgan fingerprint density at radius 1 is 1.19 bits per heavy atom. The van der Waals surface area contributed by atoms with Crippen LogP contribution in [0.25, 0.3) is 0 Å². The Balaban J connectivity index is 1.37. The first-order valence-corrected chi connectivity index (χ1v) is 13.5. The lowest BCUT2D eigenvalue weighted by Crippen LogP contribution is -2.54. The zero-order valence-electron chi connectivity index (χ0n) is 22.5. The number of hydrazine groups is 1. The Morgan fingerprint density at radius 3 is 2.68 bits per heavy atom. The fourth-order valence-corrected chi connectivity index (χ4v) is 4.64. The number of rotatable bonds is 14. The van der Waals surface area contributed by atoms with Crippen LogP contribution in [-0.2, 0) is 24.1 Å². The number of nitrogens with two attached hydrogens (primary N) is 2. The minimum atomic E-state index is -1.14. The number of nitrogens with zero attached hydrogens (tertiary/aromatic N) is 5. The van der Waals surface area contributed by atoms with Gasteiger partial charge in [-0.25, -0.2) is 5.84 Å². The minimum Gasteiger partial charge on any atom is -0.401 e. The molecule has 1 aliphatic rings. The molecule has 4 atom stereocenters. The number of hydrogen-bond acceptors (Lipinski definition) is 9. The number of aryl methyl sites for hydroxylation is 2. The van der Waals surface area contributed by atoms with Gasteiger partial charge in [0.15, 0.2) is 6.29 Å². The summed E-state index contributed by atoms with van der Waals surface area (Å²) in [5, 5.41) is 30.3. The predicted octanol–water partition coefficient (Wildman–Crippen LogP) is 2.30. The van der Waals surface area contributed by atoms with E-state index in [1.54, 1.807) is 11.2 Å². The van der Waals surface area contributed by atoms with Crippen LogP contribution in [-0.4, -0.2) is 68.2 Å². The predicted molar refractivity (Wildman–Crippen MR) is 145 cm³/mol. The number of aliphatic hydroxyl groups is 2. The summed E-state index contributed by atoms with van der Waals surface area (Å²) in [7, 11) is 1.96. The normalized spacial score (nSPS) is 22.5. The third kappa shape index (κ3) is 9.08. The van der Waals surface area contributed by atoms with Gasteiger partial charge in [-0.15, -0.1) is 5.10 Å². The van der Waals surface area contributed by atoms with Gasteiger partial charge < -0.3 is 25.6 Å². The number of unbranched alkanes of at least 4 members (excludes halogenated alkanes) is 2. The second-order valence-corrected chi connectivity index (χ2v) is 10.2. The number of hydrogen-bond donors (Lipinski definition) is 4. The van der Waals surface area contributed by atoms with E-state index in [0.717, 1.165) is 75.1 Å². The number of benzene rings is 1. The first-order chi connectivity index (χ1) is 17.8. The average Bonchev–Trinajstić information content (AvgIpc) is 3.34. The van der Waals surface area contributed by atoms with E-state index in [4.69, 9.17) is 16.3 Å². The van der Waals surface area contributed by atoms with Crippen LogP contribution in [0.15, 0.2) is 42.4 Å². The molecule has 3 rings (SSSR count). The van der Waals surface area contributed by atoms with Crippen molar-refractivity contribution in [2.24, 2.45) is 11.6 Å². The Labute approximate surface area is 220 Å². The van der Waals surface area contributed by atoms with Crippen molar-refractivity contribution in [3.63, 3.8) is 0 Å². The van der Waals surface area contributed by atoms with Crippen molar-refractivity contribution in [2.75, 3.05) is 18.6 Å². The van der Waals surface area contributed by atoms with E-state index >= 15 is 0 Å². The van der Waals surface area contributed by atoms with Crippen molar-refractivity contribution in [3.05, 3.63) is 53.6 Å². The van der Waals surface area contributed by atoms with E-state index in [9.17, 15) is 10.2 Å². The van der Waals surface area contributed by atoms with E-state index in [2.05, 4.69) is 34.3 Å². The molecule has 1 aliphatic heterocycles. The molecule has 10 nitrogen and oxygen atoms in total. The van der Waals surface area contributed by atoms with Crippen molar-refractivity contribution in [1.29, 1.82) is 0 Å². The van der Waals surface area contributed by atoms with Crippen LogP contribution in [0.2, 0.25) is 0 Å². The third-order valence-electron chi connectivity index (χ3n) is 6.97. The van der Waals surface area contributed by atoms with Crippen LogP contribution in [0.5, 0.6) is 0 Å². The molecule has 6 N–H and O–H groups in total. The number of allylic oxidation sites excluding steroid dienone is 1.